The standard InChI is InChI=1S/C14H21N3O4/c1-14(9-20-8-11(14)15)13(18)17-10-3-4-12(16-7-10)21-6-5-19-2/h3-4,7,11H,5-6,8-9,15H2,1-2H3,(H,17,18). The topological polar surface area (TPSA) is 95.7 Å². The molecule has 1 aromatic rings. The monoisotopic (exact) mass is 295 g/mol. The molecule has 1 fully saturated rings. The van der Waals surface area contributed by atoms with Gasteiger partial charge in [0.2, 0.25) is 11.8 Å². The molecular formula is C14H21N3O4. The fourth-order valence-electron chi connectivity index (χ4n) is 1.97. The molecule has 116 valence electrons. The number of pyridine rings is 1. The number of nitrogens with one attached hydrogen (secondary N) is 1. The molecule has 1 aromatic heterocycles. The highest BCUT2D eigenvalue weighted by molar-refractivity contribution is 5.95. The second kappa shape index (κ2) is 6.84. The van der Waals surface area contributed by atoms with E-state index in [1.54, 1.807) is 32.4 Å². The van der Waals surface area contributed by atoms with Crippen molar-refractivity contribution in [2.24, 2.45) is 11.1 Å². The first-order valence-corrected chi connectivity index (χ1v) is 6.79. The van der Waals surface area contributed by atoms with Crippen LogP contribution in [0, 0.1) is 5.41 Å². The molecular weight excluding hydrogens is 274 g/mol. The van der Waals surface area contributed by atoms with Crippen LogP contribution in [0.4, 0.5) is 5.69 Å². The predicted molar refractivity (Wildman–Crippen MR) is 77.1 cm³/mol. The maximum atomic E-state index is 12.3. The highest BCUT2D eigenvalue weighted by Crippen LogP contribution is 2.28. The van der Waals surface area contributed by atoms with Crippen LogP contribution < -0.4 is 15.8 Å². The number of rotatable bonds is 6. The summed E-state index contributed by atoms with van der Waals surface area (Å²) in [5.41, 5.74) is 5.81. The molecule has 2 unspecified atom stereocenters. The van der Waals surface area contributed by atoms with Gasteiger partial charge >= 0.3 is 0 Å². The molecule has 7 nitrogen and oxygen atoms in total. The number of carbonyl (C=O) groups excluding carboxylic acids is 1. The Morgan fingerprint density at radius 1 is 1.57 bits per heavy atom. The number of anilines is 1. The van der Waals surface area contributed by atoms with Crippen molar-refractivity contribution in [1.29, 1.82) is 0 Å². The molecule has 0 bridgehead atoms. The van der Waals surface area contributed by atoms with Gasteiger partial charge in [-0.15, -0.1) is 0 Å². The van der Waals surface area contributed by atoms with Crippen LogP contribution in [0.2, 0.25) is 0 Å². The summed E-state index contributed by atoms with van der Waals surface area (Å²) in [5, 5.41) is 2.81. The maximum Gasteiger partial charge on any atom is 0.234 e. The van der Waals surface area contributed by atoms with E-state index in [4.69, 9.17) is 19.9 Å². The largest absolute Gasteiger partial charge is 0.475 e. The predicted octanol–water partition coefficient (Wildman–Crippen LogP) is 0.409. The Morgan fingerprint density at radius 2 is 2.38 bits per heavy atom. The first kappa shape index (κ1) is 15.7. The third kappa shape index (κ3) is 3.69. The summed E-state index contributed by atoms with van der Waals surface area (Å²) < 4.78 is 15.5. The number of amides is 1. The molecule has 0 spiro atoms. The van der Waals surface area contributed by atoms with E-state index in [0.29, 0.717) is 38.0 Å². The van der Waals surface area contributed by atoms with Crippen LogP contribution in [-0.4, -0.2) is 50.5 Å². The van der Waals surface area contributed by atoms with Crippen molar-refractivity contribution < 1.29 is 19.0 Å². The van der Waals surface area contributed by atoms with Crippen molar-refractivity contribution in [3.8, 4) is 5.88 Å². The number of hydrogen-bond donors (Lipinski definition) is 2. The Hall–Kier alpha value is -1.70. The van der Waals surface area contributed by atoms with Crippen LogP contribution >= 0.6 is 0 Å². The molecule has 2 heterocycles. The third-order valence-corrected chi connectivity index (χ3v) is 3.57. The molecule has 2 rings (SSSR count). The molecule has 1 aliphatic heterocycles. The minimum Gasteiger partial charge on any atom is -0.475 e. The fourth-order valence-corrected chi connectivity index (χ4v) is 1.97. The summed E-state index contributed by atoms with van der Waals surface area (Å²) in [6.45, 7) is 3.45. The fraction of sp³-hybridized carbons (Fsp3) is 0.571. The molecule has 0 saturated carbocycles. The lowest BCUT2D eigenvalue weighted by atomic mass is 9.85. The van der Waals surface area contributed by atoms with E-state index < -0.39 is 5.41 Å². The van der Waals surface area contributed by atoms with E-state index >= 15 is 0 Å². The number of aromatic nitrogens is 1. The van der Waals surface area contributed by atoms with E-state index in [1.165, 1.54) is 0 Å². The normalized spacial score (nSPS) is 24.8. The van der Waals surface area contributed by atoms with Crippen molar-refractivity contribution >= 4 is 11.6 Å². The number of methoxy groups -OCH3 is 1. The first-order chi connectivity index (χ1) is 10.1. The molecule has 21 heavy (non-hydrogen) atoms. The molecule has 1 aliphatic rings. The second-order valence-electron chi connectivity index (χ2n) is 5.22. The van der Waals surface area contributed by atoms with Crippen LogP contribution in [0.25, 0.3) is 0 Å². The highest BCUT2D eigenvalue weighted by Gasteiger charge is 2.44. The molecule has 0 aromatic carbocycles. The van der Waals surface area contributed by atoms with E-state index in [9.17, 15) is 4.79 Å². The maximum absolute atomic E-state index is 12.3. The third-order valence-electron chi connectivity index (χ3n) is 3.57. The summed E-state index contributed by atoms with van der Waals surface area (Å²) in [6, 6.07) is 3.12. The van der Waals surface area contributed by atoms with Gasteiger partial charge in [0.15, 0.2) is 0 Å². The van der Waals surface area contributed by atoms with E-state index in [2.05, 4.69) is 10.3 Å². The zero-order valence-electron chi connectivity index (χ0n) is 12.3. The zero-order valence-corrected chi connectivity index (χ0v) is 12.3. The molecule has 0 radical (unpaired) electrons. The lowest BCUT2D eigenvalue weighted by molar-refractivity contribution is -0.125. The van der Waals surface area contributed by atoms with Crippen molar-refractivity contribution in [3.05, 3.63) is 18.3 Å². The van der Waals surface area contributed by atoms with Crippen molar-refractivity contribution in [1.82, 2.24) is 4.98 Å². The molecule has 0 aliphatic carbocycles. The van der Waals surface area contributed by atoms with Gasteiger partial charge in [0.1, 0.15) is 6.61 Å². The van der Waals surface area contributed by atoms with Gasteiger partial charge in [-0.2, -0.15) is 0 Å². The first-order valence-electron chi connectivity index (χ1n) is 6.79. The van der Waals surface area contributed by atoms with E-state index in [0.717, 1.165) is 0 Å². The van der Waals surface area contributed by atoms with Gasteiger partial charge in [-0.05, 0) is 13.0 Å². The van der Waals surface area contributed by atoms with Crippen LogP contribution in [-0.2, 0) is 14.3 Å². The number of hydrogen-bond acceptors (Lipinski definition) is 6. The van der Waals surface area contributed by atoms with Crippen LogP contribution in [0.5, 0.6) is 5.88 Å². The number of nitrogens with two attached hydrogens (primary N) is 1. The Labute approximate surface area is 123 Å². The summed E-state index contributed by atoms with van der Waals surface area (Å²) in [4.78, 5) is 16.4. The Bertz CT molecular complexity index is 480. The Morgan fingerprint density at radius 3 is 2.95 bits per heavy atom. The summed E-state index contributed by atoms with van der Waals surface area (Å²) in [5.74, 6) is 0.319. The summed E-state index contributed by atoms with van der Waals surface area (Å²) in [6.07, 6.45) is 1.55. The van der Waals surface area contributed by atoms with E-state index in [-0.39, 0.29) is 11.9 Å². The molecule has 1 amide bonds. The van der Waals surface area contributed by atoms with Crippen LogP contribution in [0.3, 0.4) is 0 Å². The Balaban J connectivity index is 1.92. The van der Waals surface area contributed by atoms with Crippen LogP contribution in [0.1, 0.15) is 6.92 Å². The lowest BCUT2D eigenvalue weighted by Crippen LogP contribution is -2.47. The van der Waals surface area contributed by atoms with Crippen molar-refractivity contribution in [2.75, 3.05) is 38.9 Å². The average Bonchev–Trinajstić information content (AvgIpc) is 2.82. The van der Waals surface area contributed by atoms with Gasteiger partial charge in [0.25, 0.3) is 0 Å². The lowest BCUT2D eigenvalue weighted by Gasteiger charge is -2.25. The molecule has 7 heteroatoms. The Kier molecular flexibility index (Phi) is 5.11. The number of nitrogens with zero attached hydrogens (tertiary/aromatic N) is 1. The quantitative estimate of drug-likeness (QED) is 0.738. The van der Waals surface area contributed by atoms with Crippen molar-refractivity contribution in [3.63, 3.8) is 0 Å². The van der Waals surface area contributed by atoms with Gasteiger partial charge < -0.3 is 25.3 Å². The van der Waals surface area contributed by atoms with Gasteiger partial charge in [0.05, 0.1) is 37.1 Å². The smallest absolute Gasteiger partial charge is 0.234 e. The second-order valence-corrected chi connectivity index (χ2v) is 5.22. The summed E-state index contributed by atoms with van der Waals surface area (Å²) >= 11 is 0. The van der Waals surface area contributed by atoms with Gasteiger partial charge in [-0.25, -0.2) is 4.98 Å². The van der Waals surface area contributed by atoms with Gasteiger partial charge in [0, 0.05) is 19.2 Å². The number of ether oxygens (including phenoxy) is 3. The van der Waals surface area contributed by atoms with Gasteiger partial charge in [-0.3, -0.25) is 4.79 Å². The van der Waals surface area contributed by atoms with Gasteiger partial charge in [-0.1, -0.05) is 0 Å². The van der Waals surface area contributed by atoms with Crippen LogP contribution in [0.15, 0.2) is 18.3 Å². The number of carbonyl (C=O) groups is 1. The molecule has 2 atom stereocenters. The van der Waals surface area contributed by atoms with E-state index in [1.807, 2.05) is 0 Å². The van der Waals surface area contributed by atoms with Crippen molar-refractivity contribution in [2.45, 2.75) is 13.0 Å². The average molecular weight is 295 g/mol. The SMILES string of the molecule is COCCOc1ccc(NC(=O)C2(C)COCC2N)cn1. The molecule has 1 saturated heterocycles. The minimum absolute atomic E-state index is 0.164. The molecule has 3 N–H and O–H groups in total. The summed E-state index contributed by atoms with van der Waals surface area (Å²) in [7, 11) is 1.60. The minimum atomic E-state index is -0.715. The zero-order chi connectivity index (χ0) is 15.3. The highest BCUT2D eigenvalue weighted by atomic mass is 16.5.